The topological polar surface area (TPSA) is 91.4 Å². The van der Waals surface area contributed by atoms with Gasteiger partial charge in [-0.2, -0.15) is 5.10 Å². The third kappa shape index (κ3) is 2.25. The third-order valence-electron chi connectivity index (χ3n) is 2.96. The van der Waals surface area contributed by atoms with Gasteiger partial charge < -0.3 is 20.5 Å². The summed E-state index contributed by atoms with van der Waals surface area (Å²) in [5.74, 6) is 1.10. The van der Waals surface area contributed by atoms with Crippen LogP contribution in [-0.2, 0) is 13.6 Å². The first-order valence-corrected chi connectivity index (χ1v) is 6.09. The lowest BCUT2D eigenvalue weighted by molar-refractivity contribution is 0.0946. The fourth-order valence-electron chi connectivity index (χ4n) is 2.00. The maximum atomic E-state index is 12.0. The van der Waals surface area contributed by atoms with Crippen LogP contribution in [0.2, 0.25) is 0 Å². The molecule has 0 atom stereocenters. The van der Waals surface area contributed by atoms with Crippen LogP contribution in [0.4, 0.5) is 5.69 Å². The molecule has 20 heavy (non-hydrogen) atoms. The minimum Gasteiger partial charge on any atom is -0.454 e. The van der Waals surface area contributed by atoms with E-state index < -0.39 is 0 Å². The van der Waals surface area contributed by atoms with Gasteiger partial charge in [0.15, 0.2) is 17.2 Å². The number of aryl methyl sites for hydroxylation is 1. The maximum absolute atomic E-state index is 12.0. The average molecular weight is 274 g/mol. The molecule has 104 valence electrons. The number of carbonyl (C=O) groups is 1. The lowest BCUT2D eigenvalue weighted by atomic mass is 10.2. The van der Waals surface area contributed by atoms with Crippen LogP contribution in [-0.4, -0.2) is 22.5 Å². The molecule has 0 radical (unpaired) electrons. The number of aromatic nitrogens is 2. The zero-order valence-corrected chi connectivity index (χ0v) is 10.9. The Kier molecular flexibility index (Phi) is 2.94. The summed E-state index contributed by atoms with van der Waals surface area (Å²) in [5.41, 5.74) is 7.21. The van der Waals surface area contributed by atoms with Crippen molar-refractivity contribution in [1.29, 1.82) is 0 Å². The zero-order chi connectivity index (χ0) is 14.1. The van der Waals surface area contributed by atoms with Crippen molar-refractivity contribution in [3.8, 4) is 11.5 Å². The molecule has 3 rings (SSSR count). The van der Waals surface area contributed by atoms with E-state index in [-0.39, 0.29) is 18.4 Å². The molecule has 0 saturated carbocycles. The van der Waals surface area contributed by atoms with E-state index in [1.54, 1.807) is 13.2 Å². The number of fused-ring (bicyclic) bond motifs is 1. The minimum absolute atomic E-state index is 0.230. The number of rotatable bonds is 3. The van der Waals surface area contributed by atoms with Crippen LogP contribution in [0.15, 0.2) is 24.4 Å². The summed E-state index contributed by atoms with van der Waals surface area (Å²) in [5, 5.41) is 6.78. The fraction of sp³-hybridized carbons (Fsp3) is 0.231. The monoisotopic (exact) mass is 274 g/mol. The first kappa shape index (κ1) is 12.3. The van der Waals surface area contributed by atoms with E-state index >= 15 is 0 Å². The van der Waals surface area contributed by atoms with E-state index in [2.05, 4.69) is 10.4 Å². The van der Waals surface area contributed by atoms with Crippen molar-refractivity contribution in [1.82, 2.24) is 15.1 Å². The van der Waals surface area contributed by atoms with Crippen molar-refractivity contribution in [2.24, 2.45) is 7.05 Å². The number of amides is 1. The Bertz CT molecular complexity index is 666. The Hall–Kier alpha value is -2.70. The summed E-state index contributed by atoms with van der Waals surface area (Å²) in [6.45, 7) is 0.598. The maximum Gasteiger partial charge on any atom is 0.274 e. The molecule has 1 aliphatic heterocycles. The van der Waals surface area contributed by atoms with Crippen molar-refractivity contribution in [3.05, 3.63) is 35.7 Å². The highest BCUT2D eigenvalue weighted by molar-refractivity contribution is 5.96. The number of benzene rings is 1. The molecule has 1 amide bonds. The van der Waals surface area contributed by atoms with Gasteiger partial charge in [0.1, 0.15) is 0 Å². The Balaban J connectivity index is 1.67. The van der Waals surface area contributed by atoms with Crippen LogP contribution in [0.25, 0.3) is 0 Å². The van der Waals surface area contributed by atoms with Crippen LogP contribution >= 0.6 is 0 Å². The molecule has 1 aromatic carbocycles. The van der Waals surface area contributed by atoms with E-state index in [0.717, 1.165) is 5.56 Å². The first-order chi connectivity index (χ1) is 9.63. The Morgan fingerprint density at radius 3 is 3.00 bits per heavy atom. The second-order valence-electron chi connectivity index (χ2n) is 4.48. The van der Waals surface area contributed by atoms with E-state index in [0.29, 0.717) is 23.7 Å². The predicted molar refractivity (Wildman–Crippen MR) is 71.4 cm³/mol. The molecular formula is C13H14N4O3. The van der Waals surface area contributed by atoms with E-state index in [1.165, 1.54) is 4.68 Å². The number of nitrogens with one attached hydrogen (secondary N) is 1. The highest BCUT2D eigenvalue weighted by atomic mass is 16.7. The van der Waals surface area contributed by atoms with Gasteiger partial charge in [0.2, 0.25) is 6.79 Å². The summed E-state index contributed by atoms with van der Waals surface area (Å²) >= 11 is 0. The van der Waals surface area contributed by atoms with Crippen molar-refractivity contribution in [2.75, 3.05) is 12.5 Å². The predicted octanol–water partition coefficient (Wildman–Crippen LogP) is 0.661. The number of nitrogens with two attached hydrogens (primary N) is 1. The SMILES string of the molecule is Cn1cc(N)c(C(=O)NCc2ccc3c(c2)OCO3)n1. The molecule has 3 N–H and O–H groups in total. The van der Waals surface area contributed by atoms with Crippen LogP contribution in [0, 0.1) is 0 Å². The van der Waals surface area contributed by atoms with Gasteiger partial charge in [-0.05, 0) is 17.7 Å². The van der Waals surface area contributed by atoms with Gasteiger partial charge in [-0.1, -0.05) is 6.07 Å². The summed E-state index contributed by atoms with van der Waals surface area (Å²) in [6, 6.07) is 5.53. The molecule has 7 nitrogen and oxygen atoms in total. The first-order valence-electron chi connectivity index (χ1n) is 6.09. The summed E-state index contributed by atoms with van der Waals surface area (Å²) < 4.78 is 12.0. The second-order valence-corrected chi connectivity index (χ2v) is 4.48. The van der Waals surface area contributed by atoms with Crippen LogP contribution in [0.5, 0.6) is 11.5 Å². The molecule has 0 aliphatic carbocycles. The van der Waals surface area contributed by atoms with Crippen molar-refractivity contribution in [2.45, 2.75) is 6.54 Å². The molecule has 0 saturated heterocycles. The number of nitrogens with zero attached hydrogens (tertiary/aromatic N) is 2. The molecule has 0 bridgehead atoms. The van der Waals surface area contributed by atoms with Gasteiger partial charge in [0.05, 0.1) is 5.69 Å². The molecule has 2 heterocycles. The van der Waals surface area contributed by atoms with Crippen molar-refractivity contribution < 1.29 is 14.3 Å². The number of hydrogen-bond donors (Lipinski definition) is 2. The average Bonchev–Trinajstić information content (AvgIpc) is 3.01. The van der Waals surface area contributed by atoms with Crippen LogP contribution in [0.1, 0.15) is 16.1 Å². The Morgan fingerprint density at radius 1 is 1.45 bits per heavy atom. The van der Waals surface area contributed by atoms with Gasteiger partial charge in [0, 0.05) is 19.8 Å². The van der Waals surface area contributed by atoms with E-state index in [9.17, 15) is 4.79 Å². The molecule has 0 unspecified atom stereocenters. The molecule has 1 aromatic heterocycles. The number of anilines is 1. The van der Waals surface area contributed by atoms with Crippen LogP contribution in [0.3, 0.4) is 0 Å². The molecule has 7 heteroatoms. The van der Waals surface area contributed by atoms with Gasteiger partial charge in [-0.25, -0.2) is 0 Å². The molecule has 2 aromatic rings. The standard InChI is InChI=1S/C13H14N4O3/c1-17-6-9(14)12(16-17)13(18)15-5-8-2-3-10-11(4-8)20-7-19-10/h2-4,6H,5,7,14H2,1H3,(H,15,18). The fourth-order valence-corrected chi connectivity index (χ4v) is 2.00. The lowest BCUT2D eigenvalue weighted by Gasteiger charge is -2.05. The smallest absolute Gasteiger partial charge is 0.274 e. The minimum atomic E-state index is -0.305. The third-order valence-corrected chi connectivity index (χ3v) is 2.96. The van der Waals surface area contributed by atoms with Gasteiger partial charge in [-0.15, -0.1) is 0 Å². The molecule has 1 aliphatic rings. The van der Waals surface area contributed by atoms with Gasteiger partial charge in [-0.3, -0.25) is 9.48 Å². The lowest BCUT2D eigenvalue weighted by Crippen LogP contribution is -2.24. The quantitative estimate of drug-likeness (QED) is 0.858. The number of ether oxygens (including phenoxy) is 2. The highest BCUT2D eigenvalue weighted by Gasteiger charge is 2.15. The second kappa shape index (κ2) is 4.76. The van der Waals surface area contributed by atoms with Gasteiger partial charge in [0.25, 0.3) is 5.91 Å². The van der Waals surface area contributed by atoms with Crippen LogP contribution < -0.4 is 20.5 Å². The largest absolute Gasteiger partial charge is 0.454 e. The zero-order valence-electron chi connectivity index (χ0n) is 10.9. The molecule has 0 spiro atoms. The number of hydrogen-bond acceptors (Lipinski definition) is 5. The number of nitrogen functional groups attached to an aromatic ring is 1. The summed E-state index contributed by atoms with van der Waals surface area (Å²) in [6.07, 6.45) is 1.59. The summed E-state index contributed by atoms with van der Waals surface area (Å²) in [7, 11) is 1.71. The van der Waals surface area contributed by atoms with E-state index in [4.69, 9.17) is 15.2 Å². The van der Waals surface area contributed by atoms with Crippen molar-refractivity contribution >= 4 is 11.6 Å². The molecule has 0 fully saturated rings. The number of carbonyl (C=O) groups excluding carboxylic acids is 1. The Morgan fingerprint density at radius 2 is 2.25 bits per heavy atom. The van der Waals surface area contributed by atoms with Crippen molar-refractivity contribution in [3.63, 3.8) is 0 Å². The van der Waals surface area contributed by atoms with Gasteiger partial charge >= 0.3 is 0 Å². The highest BCUT2D eigenvalue weighted by Crippen LogP contribution is 2.32. The van der Waals surface area contributed by atoms with E-state index in [1.807, 2.05) is 18.2 Å². The Labute approximate surface area is 115 Å². The normalized spacial score (nSPS) is 12.4. The summed E-state index contributed by atoms with van der Waals surface area (Å²) in [4.78, 5) is 12.0. The molecular weight excluding hydrogens is 260 g/mol.